The molecule has 13 heavy (non-hydrogen) atoms. The normalized spacial score (nSPS) is 9.77. The summed E-state index contributed by atoms with van der Waals surface area (Å²) in [6.07, 6.45) is 3.14. The third kappa shape index (κ3) is 3.43. The van der Waals surface area contributed by atoms with E-state index < -0.39 is 0 Å². The van der Waals surface area contributed by atoms with E-state index >= 15 is 0 Å². The quantitative estimate of drug-likeness (QED) is 0.750. The Morgan fingerprint density at radius 1 is 1.23 bits per heavy atom. The molecule has 0 spiro atoms. The van der Waals surface area contributed by atoms with Gasteiger partial charge in [0.15, 0.2) is 0 Å². The largest absolute Gasteiger partial charge is 0.330 e. The molecule has 1 nitrogen and oxygen atoms in total. The average Bonchev–Trinajstić information content (AvgIpc) is 2.08. The molecule has 0 bridgehead atoms. The zero-order valence-corrected chi connectivity index (χ0v) is 8.38. The summed E-state index contributed by atoms with van der Waals surface area (Å²) in [6, 6.07) is 8.55. The highest BCUT2D eigenvalue weighted by Crippen LogP contribution is 2.08. The predicted molar refractivity (Wildman–Crippen MR) is 58.5 cm³/mol. The Morgan fingerprint density at radius 3 is 2.31 bits per heavy atom. The van der Waals surface area contributed by atoms with Gasteiger partial charge in [-0.3, -0.25) is 0 Å². The van der Waals surface area contributed by atoms with E-state index in [1.54, 1.807) is 0 Å². The van der Waals surface area contributed by atoms with E-state index in [0.29, 0.717) is 0 Å². The molecule has 0 heterocycles. The smallest absolute Gasteiger partial charge is 0.00367 e. The first kappa shape index (κ1) is 10.0. The fraction of sp³-hybridized carbons (Fsp3) is 0.333. The lowest BCUT2D eigenvalue weighted by Gasteiger charge is -1.99. The second kappa shape index (κ2) is 4.83. The molecular formula is C12H17N. The van der Waals surface area contributed by atoms with Gasteiger partial charge in [0.1, 0.15) is 0 Å². The molecule has 0 aliphatic rings. The summed E-state index contributed by atoms with van der Waals surface area (Å²) in [5.74, 6) is 0. The molecule has 0 fully saturated rings. The van der Waals surface area contributed by atoms with E-state index in [1.807, 2.05) is 0 Å². The van der Waals surface area contributed by atoms with Gasteiger partial charge in [-0.1, -0.05) is 35.9 Å². The minimum absolute atomic E-state index is 0.724. The first-order valence-corrected chi connectivity index (χ1v) is 4.66. The molecule has 1 aromatic carbocycles. The summed E-state index contributed by atoms with van der Waals surface area (Å²) >= 11 is 0. The monoisotopic (exact) mass is 175 g/mol. The van der Waals surface area contributed by atoms with Gasteiger partial charge in [-0.25, -0.2) is 0 Å². The van der Waals surface area contributed by atoms with Gasteiger partial charge in [0, 0.05) is 0 Å². The molecule has 1 heteroatoms. The molecule has 1 rings (SSSR count). The van der Waals surface area contributed by atoms with Crippen LogP contribution < -0.4 is 5.73 Å². The Balaban J connectivity index is 2.75. The summed E-state index contributed by atoms with van der Waals surface area (Å²) < 4.78 is 0. The van der Waals surface area contributed by atoms with Crippen LogP contribution in [0.15, 0.2) is 29.8 Å². The molecule has 0 saturated carbocycles. The van der Waals surface area contributed by atoms with Gasteiger partial charge in [-0.15, -0.1) is 0 Å². The predicted octanol–water partition coefficient (Wildman–Crippen LogP) is 2.61. The standard InChI is InChI=1S/C12H17N/c1-10(2)9-12-5-3-11(4-6-12)7-8-13/h3-6,9H,7-8,13H2,1-2H3. The van der Waals surface area contributed by atoms with E-state index in [4.69, 9.17) is 5.73 Å². The second-order valence-corrected chi connectivity index (χ2v) is 3.50. The zero-order valence-electron chi connectivity index (χ0n) is 8.38. The van der Waals surface area contributed by atoms with Crippen LogP contribution in [0, 0.1) is 0 Å². The van der Waals surface area contributed by atoms with Crippen molar-refractivity contribution in [1.29, 1.82) is 0 Å². The maximum absolute atomic E-state index is 5.47. The van der Waals surface area contributed by atoms with Crippen LogP contribution in [0.5, 0.6) is 0 Å². The highest BCUT2D eigenvalue weighted by molar-refractivity contribution is 5.52. The van der Waals surface area contributed by atoms with E-state index in [9.17, 15) is 0 Å². The van der Waals surface area contributed by atoms with Crippen molar-refractivity contribution in [3.8, 4) is 0 Å². The molecule has 70 valence electrons. The number of nitrogens with two attached hydrogens (primary N) is 1. The third-order valence-corrected chi connectivity index (χ3v) is 1.87. The Kier molecular flexibility index (Phi) is 3.71. The van der Waals surface area contributed by atoms with Crippen molar-refractivity contribution in [2.24, 2.45) is 5.73 Å². The summed E-state index contributed by atoms with van der Waals surface area (Å²) in [5.41, 5.74) is 9.37. The topological polar surface area (TPSA) is 26.0 Å². The molecule has 0 aromatic heterocycles. The molecule has 1 aromatic rings. The minimum atomic E-state index is 0.724. The van der Waals surface area contributed by atoms with Crippen LogP contribution in [-0.4, -0.2) is 6.54 Å². The van der Waals surface area contributed by atoms with E-state index in [2.05, 4.69) is 44.2 Å². The Hall–Kier alpha value is -1.08. The van der Waals surface area contributed by atoms with Gasteiger partial charge in [0.2, 0.25) is 0 Å². The number of rotatable bonds is 3. The lowest BCUT2D eigenvalue weighted by molar-refractivity contribution is 0.969. The van der Waals surface area contributed by atoms with Gasteiger partial charge in [0.05, 0.1) is 0 Å². The molecule has 0 aliphatic carbocycles. The summed E-state index contributed by atoms with van der Waals surface area (Å²) in [4.78, 5) is 0. The summed E-state index contributed by atoms with van der Waals surface area (Å²) in [7, 11) is 0. The number of hydrogen-bond acceptors (Lipinski definition) is 1. The molecule has 0 unspecified atom stereocenters. The fourth-order valence-corrected chi connectivity index (χ4v) is 1.28. The van der Waals surface area contributed by atoms with E-state index in [0.717, 1.165) is 13.0 Å². The molecular weight excluding hydrogens is 158 g/mol. The first-order chi connectivity index (χ1) is 6.22. The fourth-order valence-electron chi connectivity index (χ4n) is 1.28. The molecule has 0 radical (unpaired) electrons. The van der Waals surface area contributed by atoms with Crippen molar-refractivity contribution in [3.05, 3.63) is 41.0 Å². The van der Waals surface area contributed by atoms with Crippen LogP contribution >= 0.6 is 0 Å². The number of benzene rings is 1. The molecule has 2 N–H and O–H groups in total. The average molecular weight is 175 g/mol. The Bertz CT molecular complexity index is 278. The van der Waals surface area contributed by atoms with Gasteiger partial charge in [-0.05, 0) is 37.9 Å². The van der Waals surface area contributed by atoms with Crippen LogP contribution in [0.2, 0.25) is 0 Å². The first-order valence-electron chi connectivity index (χ1n) is 4.66. The molecule has 0 atom stereocenters. The van der Waals surface area contributed by atoms with E-state index in [1.165, 1.54) is 16.7 Å². The molecule has 0 aliphatic heterocycles. The Morgan fingerprint density at radius 2 is 1.85 bits per heavy atom. The summed E-state index contributed by atoms with van der Waals surface area (Å²) in [6.45, 7) is 4.93. The second-order valence-electron chi connectivity index (χ2n) is 3.50. The van der Waals surface area contributed by atoms with E-state index in [-0.39, 0.29) is 0 Å². The lowest BCUT2D eigenvalue weighted by Crippen LogP contribution is -2.02. The van der Waals surface area contributed by atoms with Crippen LogP contribution in [0.3, 0.4) is 0 Å². The van der Waals surface area contributed by atoms with Gasteiger partial charge < -0.3 is 5.73 Å². The van der Waals surface area contributed by atoms with Gasteiger partial charge in [0.25, 0.3) is 0 Å². The SMILES string of the molecule is CC(C)=Cc1ccc(CCN)cc1. The van der Waals surface area contributed by atoms with Gasteiger partial charge >= 0.3 is 0 Å². The van der Waals surface area contributed by atoms with Crippen LogP contribution in [0.1, 0.15) is 25.0 Å². The maximum atomic E-state index is 5.47. The van der Waals surface area contributed by atoms with Crippen LogP contribution in [-0.2, 0) is 6.42 Å². The van der Waals surface area contributed by atoms with Crippen molar-refractivity contribution < 1.29 is 0 Å². The van der Waals surface area contributed by atoms with Crippen molar-refractivity contribution in [2.45, 2.75) is 20.3 Å². The number of hydrogen-bond donors (Lipinski definition) is 1. The zero-order chi connectivity index (χ0) is 9.68. The van der Waals surface area contributed by atoms with Crippen molar-refractivity contribution in [1.82, 2.24) is 0 Å². The van der Waals surface area contributed by atoms with Crippen LogP contribution in [0.4, 0.5) is 0 Å². The van der Waals surface area contributed by atoms with Crippen molar-refractivity contribution >= 4 is 6.08 Å². The third-order valence-electron chi connectivity index (χ3n) is 1.87. The highest BCUT2D eigenvalue weighted by atomic mass is 14.5. The van der Waals surface area contributed by atoms with Crippen molar-refractivity contribution in [3.63, 3.8) is 0 Å². The maximum Gasteiger partial charge on any atom is -0.00367 e. The van der Waals surface area contributed by atoms with Crippen LogP contribution in [0.25, 0.3) is 6.08 Å². The lowest BCUT2D eigenvalue weighted by atomic mass is 10.1. The summed E-state index contributed by atoms with van der Waals surface area (Å²) in [5, 5.41) is 0. The van der Waals surface area contributed by atoms with Crippen molar-refractivity contribution in [2.75, 3.05) is 6.54 Å². The molecule has 0 saturated heterocycles. The van der Waals surface area contributed by atoms with Gasteiger partial charge in [-0.2, -0.15) is 0 Å². The highest BCUT2D eigenvalue weighted by Gasteiger charge is 1.91. The number of allylic oxidation sites excluding steroid dienone is 1. The Labute approximate surface area is 80.3 Å². The minimum Gasteiger partial charge on any atom is -0.330 e. The molecule has 0 amide bonds.